The molecule has 2 unspecified atom stereocenters. The Morgan fingerprint density at radius 1 is 0.922 bits per heavy atom. The first-order chi connectivity index (χ1) is 24.0. The number of esters is 1. The summed E-state index contributed by atoms with van der Waals surface area (Å²) in [7, 11) is 0. The van der Waals surface area contributed by atoms with Crippen LogP contribution in [0.15, 0.2) is 78.9 Å². The van der Waals surface area contributed by atoms with Crippen LogP contribution in [0.25, 0.3) is 22.4 Å². The van der Waals surface area contributed by atoms with Crippen molar-refractivity contribution in [1.29, 1.82) is 0 Å². The fourth-order valence-electron chi connectivity index (χ4n) is 6.84. The zero-order chi connectivity index (χ0) is 37.1. The Balaban J connectivity index is 1.59. The number of carbonyl (C=O) groups is 3. The molecule has 2 atom stereocenters. The summed E-state index contributed by atoms with van der Waals surface area (Å²) in [6.07, 6.45) is 0.499. The largest absolute Gasteiger partial charge is 0.460 e. The molecule has 1 N–H and O–H groups in total. The molecule has 0 bridgehead atoms. The maximum absolute atomic E-state index is 14.5. The van der Waals surface area contributed by atoms with E-state index in [0.29, 0.717) is 36.2 Å². The number of aromatic nitrogens is 1. The van der Waals surface area contributed by atoms with Crippen molar-refractivity contribution in [3.8, 4) is 22.4 Å². The van der Waals surface area contributed by atoms with Gasteiger partial charge in [0.25, 0.3) is 5.91 Å². The summed E-state index contributed by atoms with van der Waals surface area (Å²) in [4.78, 5) is 39.2. The molecule has 0 spiro atoms. The number of ether oxygens (including phenoxy) is 3. The van der Waals surface area contributed by atoms with Gasteiger partial charge in [-0.15, -0.1) is 0 Å². The van der Waals surface area contributed by atoms with Crippen molar-refractivity contribution >= 4 is 23.3 Å². The van der Waals surface area contributed by atoms with Crippen molar-refractivity contribution in [3.05, 3.63) is 102 Å². The molecule has 9 heteroatoms. The molecule has 270 valence electrons. The summed E-state index contributed by atoms with van der Waals surface area (Å²) in [6.45, 7) is 15.3. The fourth-order valence-corrected chi connectivity index (χ4v) is 6.84. The maximum Gasteiger partial charge on any atom is 0.308 e. The van der Waals surface area contributed by atoms with Crippen molar-refractivity contribution in [2.45, 2.75) is 111 Å². The minimum absolute atomic E-state index is 0.0598. The summed E-state index contributed by atoms with van der Waals surface area (Å²) in [6, 6.07) is 22.9. The standard InChI is InChI=1S/C42H49FN2O6/c1-26(2)38-37(40(48)44-32-20-16-28(17-21-32)27(3)46)36(29-12-10-9-11-13-29)39(30-14-18-31(43)19-15-30)45(38)23-22-33-24-34(50-42(7,8)49-33)25-35(47)51-41(4,5)6/h9-21,26,33-34H,22-25H2,1-8H3,(H,44,48). The van der Waals surface area contributed by atoms with Crippen LogP contribution in [-0.4, -0.2) is 45.8 Å². The molecule has 51 heavy (non-hydrogen) atoms. The van der Waals surface area contributed by atoms with E-state index in [1.807, 2.05) is 65.0 Å². The predicted molar refractivity (Wildman–Crippen MR) is 197 cm³/mol. The van der Waals surface area contributed by atoms with Gasteiger partial charge in [-0.3, -0.25) is 14.4 Å². The van der Waals surface area contributed by atoms with E-state index in [1.165, 1.54) is 19.1 Å². The van der Waals surface area contributed by atoms with Gasteiger partial charge in [0.1, 0.15) is 11.4 Å². The molecular formula is C42H49FN2O6. The third kappa shape index (κ3) is 9.40. The second-order valence-corrected chi connectivity index (χ2v) is 14.9. The van der Waals surface area contributed by atoms with E-state index in [4.69, 9.17) is 14.2 Å². The smallest absolute Gasteiger partial charge is 0.308 e. The van der Waals surface area contributed by atoms with Crippen LogP contribution >= 0.6 is 0 Å². The highest BCUT2D eigenvalue weighted by atomic mass is 19.1. The van der Waals surface area contributed by atoms with Gasteiger partial charge in [-0.1, -0.05) is 44.2 Å². The van der Waals surface area contributed by atoms with Crippen LogP contribution in [0.4, 0.5) is 10.1 Å². The fraction of sp³-hybridized carbons (Fsp3) is 0.405. The Labute approximate surface area is 300 Å². The number of hydrogen-bond acceptors (Lipinski definition) is 6. The first kappa shape index (κ1) is 37.7. The highest BCUT2D eigenvalue weighted by Crippen LogP contribution is 2.43. The quantitative estimate of drug-likeness (QED) is 0.124. The minimum atomic E-state index is -0.925. The number of benzene rings is 3. The highest BCUT2D eigenvalue weighted by molar-refractivity contribution is 6.12. The van der Waals surface area contributed by atoms with Crippen LogP contribution in [-0.2, 0) is 25.5 Å². The van der Waals surface area contributed by atoms with Crippen molar-refractivity contribution in [3.63, 3.8) is 0 Å². The summed E-state index contributed by atoms with van der Waals surface area (Å²) >= 11 is 0. The Morgan fingerprint density at radius 2 is 1.55 bits per heavy atom. The van der Waals surface area contributed by atoms with Crippen LogP contribution < -0.4 is 5.32 Å². The average molecular weight is 697 g/mol. The van der Waals surface area contributed by atoms with Gasteiger partial charge in [0.15, 0.2) is 11.6 Å². The number of rotatable bonds is 11. The third-order valence-corrected chi connectivity index (χ3v) is 8.72. The molecule has 1 aliphatic heterocycles. The molecule has 1 aliphatic rings. The Bertz CT molecular complexity index is 1850. The molecule has 3 aromatic carbocycles. The van der Waals surface area contributed by atoms with E-state index in [0.717, 1.165) is 28.1 Å². The van der Waals surface area contributed by atoms with E-state index in [2.05, 4.69) is 23.7 Å². The molecule has 1 aromatic heterocycles. The SMILES string of the molecule is CC(=O)c1ccc(NC(=O)c2c(-c3ccccc3)c(-c3ccc(F)cc3)n(CCC3CC(CC(=O)OC(C)(C)C)OC(C)(C)O3)c2C(C)C)cc1. The second-order valence-electron chi connectivity index (χ2n) is 14.9. The Morgan fingerprint density at radius 3 is 2.14 bits per heavy atom. The number of amides is 1. The van der Waals surface area contributed by atoms with Gasteiger partial charge in [-0.25, -0.2) is 4.39 Å². The lowest BCUT2D eigenvalue weighted by Crippen LogP contribution is -2.46. The zero-order valence-corrected chi connectivity index (χ0v) is 30.8. The van der Waals surface area contributed by atoms with Gasteiger partial charge in [-0.05, 0) is 114 Å². The van der Waals surface area contributed by atoms with E-state index < -0.39 is 17.5 Å². The molecule has 0 radical (unpaired) electrons. The number of carbonyl (C=O) groups excluding carboxylic acids is 3. The number of Topliss-reactive ketones (excluding diaryl/α,β-unsaturated/α-hetero) is 1. The number of hydrogen-bond donors (Lipinski definition) is 1. The Hall–Kier alpha value is -4.60. The topological polar surface area (TPSA) is 95.9 Å². The second kappa shape index (κ2) is 15.3. The summed E-state index contributed by atoms with van der Waals surface area (Å²) < 4.78 is 34.6. The zero-order valence-electron chi connectivity index (χ0n) is 30.8. The summed E-state index contributed by atoms with van der Waals surface area (Å²) in [5.41, 5.74) is 4.98. The van der Waals surface area contributed by atoms with Gasteiger partial charge < -0.3 is 24.1 Å². The lowest BCUT2D eigenvalue weighted by molar-refractivity contribution is -0.301. The normalized spacial score (nSPS) is 17.3. The van der Waals surface area contributed by atoms with Gasteiger partial charge in [0.05, 0.1) is 29.9 Å². The van der Waals surface area contributed by atoms with E-state index in [1.54, 1.807) is 36.4 Å². The van der Waals surface area contributed by atoms with Crippen molar-refractivity contribution in [2.75, 3.05) is 5.32 Å². The molecular weight excluding hydrogens is 647 g/mol. The van der Waals surface area contributed by atoms with Gasteiger partial charge in [-0.2, -0.15) is 0 Å². The molecule has 1 amide bonds. The van der Waals surface area contributed by atoms with Crippen molar-refractivity contribution in [1.82, 2.24) is 4.57 Å². The van der Waals surface area contributed by atoms with Crippen LogP contribution in [0.5, 0.6) is 0 Å². The summed E-state index contributed by atoms with van der Waals surface area (Å²) in [5.74, 6) is -2.05. The number of halogens is 1. The molecule has 2 heterocycles. The van der Waals surface area contributed by atoms with E-state index in [9.17, 15) is 18.8 Å². The van der Waals surface area contributed by atoms with Crippen LogP contribution in [0.1, 0.15) is 107 Å². The van der Waals surface area contributed by atoms with Gasteiger partial charge in [0, 0.05) is 35.5 Å². The number of anilines is 1. The lowest BCUT2D eigenvalue weighted by atomic mass is 9.94. The predicted octanol–water partition coefficient (Wildman–Crippen LogP) is 9.57. The number of ketones is 1. The first-order valence-electron chi connectivity index (χ1n) is 17.6. The minimum Gasteiger partial charge on any atom is -0.460 e. The third-order valence-electron chi connectivity index (χ3n) is 8.72. The van der Waals surface area contributed by atoms with Gasteiger partial charge >= 0.3 is 5.97 Å². The average Bonchev–Trinajstić information content (AvgIpc) is 3.39. The van der Waals surface area contributed by atoms with Crippen molar-refractivity contribution < 1.29 is 33.0 Å². The van der Waals surface area contributed by atoms with Crippen LogP contribution in [0.3, 0.4) is 0 Å². The summed E-state index contributed by atoms with van der Waals surface area (Å²) in [5, 5.41) is 3.08. The van der Waals surface area contributed by atoms with Crippen LogP contribution in [0, 0.1) is 5.82 Å². The highest BCUT2D eigenvalue weighted by Gasteiger charge is 2.38. The van der Waals surface area contributed by atoms with Gasteiger partial charge in [0.2, 0.25) is 0 Å². The lowest BCUT2D eigenvalue weighted by Gasteiger charge is -2.41. The molecule has 1 saturated heterocycles. The van der Waals surface area contributed by atoms with E-state index >= 15 is 0 Å². The first-order valence-corrected chi connectivity index (χ1v) is 17.6. The molecule has 4 aromatic rings. The van der Waals surface area contributed by atoms with E-state index in [-0.39, 0.29) is 41.9 Å². The van der Waals surface area contributed by atoms with Crippen LogP contribution in [0.2, 0.25) is 0 Å². The monoisotopic (exact) mass is 696 g/mol. The Kier molecular flexibility index (Phi) is 11.3. The molecule has 8 nitrogen and oxygen atoms in total. The number of nitrogens with zero attached hydrogens (tertiary/aromatic N) is 1. The number of nitrogens with one attached hydrogen (secondary N) is 1. The molecule has 0 aliphatic carbocycles. The molecule has 0 saturated carbocycles. The maximum atomic E-state index is 14.5. The van der Waals surface area contributed by atoms with Crippen molar-refractivity contribution in [2.24, 2.45) is 0 Å². The molecule has 5 rings (SSSR count). The molecule has 1 fully saturated rings.